The lowest BCUT2D eigenvalue weighted by molar-refractivity contribution is -0.111. The largest absolute Gasteiger partial charge is 0.345 e. The van der Waals surface area contributed by atoms with Crippen LogP contribution in [0.5, 0.6) is 0 Å². The SMILES string of the molecule is CC/C=C/CC(=O)[B-](c1c(F)c(F)c(F)c(F)c1F)(c1c(F)c(F)c(F)c(F)c1F)c1c(F)c(F)c(F)c(F)c1F. The molecule has 0 aliphatic carbocycles. The van der Waals surface area contributed by atoms with E-state index >= 15 is 26.3 Å². The lowest BCUT2D eigenvalue weighted by atomic mass is 9.12. The molecule has 0 spiro atoms. The first-order chi connectivity index (χ1) is 19.0. The van der Waals surface area contributed by atoms with Crippen molar-refractivity contribution in [3.8, 4) is 0 Å². The van der Waals surface area contributed by atoms with Crippen LogP contribution in [0.15, 0.2) is 12.2 Å². The summed E-state index contributed by atoms with van der Waals surface area (Å²) in [6.07, 6.45) is -6.24. The van der Waals surface area contributed by atoms with Gasteiger partial charge in [0.1, 0.15) is 34.9 Å². The quantitative estimate of drug-likeness (QED) is 0.110. The topological polar surface area (TPSA) is 17.1 Å². The number of allylic oxidation sites excluding steroid dienone is 2. The minimum Gasteiger partial charge on any atom is -0.345 e. The van der Waals surface area contributed by atoms with Crippen LogP contribution in [0.1, 0.15) is 19.8 Å². The van der Waals surface area contributed by atoms with E-state index < -0.39 is 122 Å². The third kappa shape index (κ3) is 4.45. The second-order valence-electron chi connectivity index (χ2n) is 8.37. The molecule has 220 valence electrons. The molecule has 3 rings (SSSR count). The standard InChI is InChI=1S/C24H9BF15O/c1-2-3-4-5-6(41)25(7-10(26)16(32)22(38)17(33)11(7)27,8-12(28)18(34)23(39)19(35)13(8)29)9-14(30)20(36)24(40)21(37)15(9)31/h3-4H,2,5H2,1H3/q-1/b4-3+. The lowest BCUT2D eigenvalue weighted by Gasteiger charge is -2.42. The van der Waals surface area contributed by atoms with E-state index in [-0.39, 0.29) is 6.42 Å². The summed E-state index contributed by atoms with van der Waals surface area (Å²) in [6.45, 7) is 1.36. The van der Waals surface area contributed by atoms with Crippen molar-refractivity contribution < 1.29 is 70.7 Å². The number of hydrogen-bond acceptors (Lipinski definition) is 1. The molecule has 0 amide bonds. The second kappa shape index (κ2) is 11.2. The van der Waals surface area contributed by atoms with Gasteiger partial charge in [-0.15, -0.1) is 16.4 Å². The summed E-state index contributed by atoms with van der Waals surface area (Å²) in [5.41, 5.74) is -11.3. The maximum atomic E-state index is 15.2. The monoisotopic (exact) mass is 609 g/mol. The number of carbonyl (C=O) groups is 1. The molecule has 0 heterocycles. The van der Waals surface area contributed by atoms with Crippen LogP contribution in [0.3, 0.4) is 0 Å². The predicted octanol–water partition coefficient (Wildman–Crippen LogP) is 5.71. The van der Waals surface area contributed by atoms with E-state index in [1.54, 1.807) is 0 Å². The van der Waals surface area contributed by atoms with Gasteiger partial charge in [0.15, 0.2) is 58.5 Å². The third-order valence-corrected chi connectivity index (χ3v) is 6.23. The molecule has 0 aliphatic rings. The highest BCUT2D eigenvalue weighted by atomic mass is 19.2. The molecular formula is C24H9BF15O-. The fourth-order valence-electron chi connectivity index (χ4n) is 4.47. The first-order valence-electron chi connectivity index (χ1n) is 10.9. The van der Waals surface area contributed by atoms with E-state index in [2.05, 4.69) is 0 Å². The van der Waals surface area contributed by atoms with Crippen LogP contribution in [-0.2, 0) is 4.79 Å². The highest BCUT2D eigenvalue weighted by Crippen LogP contribution is 2.29. The molecule has 0 fully saturated rings. The molecule has 17 heteroatoms. The van der Waals surface area contributed by atoms with Crippen LogP contribution in [0.2, 0.25) is 0 Å². The van der Waals surface area contributed by atoms with E-state index in [9.17, 15) is 44.3 Å². The van der Waals surface area contributed by atoms with Crippen molar-refractivity contribution in [1.29, 1.82) is 0 Å². The molecule has 0 bridgehead atoms. The smallest absolute Gasteiger partial charge is 0.200 e. The highest BCUT2D eigenvalue weighted by Gasteiger charge is 2.51. The summed E-state index contributed by atoms with van der Waals surface area (Å²) in [6, 6.07) is 0. The average Bonchev–Trinajstić information content (AvgIpc) is 2.94. The zero-order chi connectivity index (χ0) is 31.3. The molecule has 0 aromatic heterocycles. The van der Waals surface area contributed by atoms with Gasteiger partial charge in [0.2, 0.25) is 0 Å². The Bertz CT molecular complexity index is 1380. The van der Waals surface area contributed by atoms with Crippen LogP contribution in [0.4, 0.5) is 65.9 Å². The van der Waals surface area contributed by atoms with Crippen LogP contribution < -0.4 is 16.4 Å². The molecule has 3 aromatic rings. The van der Waals surface area contributed by atoms with Crippen LogP contribution in [0, 0.1) is 87.3 Å². The van der Waals surface area contributed by atoms with Gasteiger partial charge in [0.05, 0.1) is 0 Å². The van der Waals surface area contributed by atoms with Crippen molar-refractivity contribution in [2.24, 2.45) is 0 Å². The van der Waals surface area contributed by atoms with Crippen molar-refractivity contribution in [3.63, 3.8) is 0 Å². The minimum atomic E-state index is -6.19. The van der Waals surface area contributed by atoms with E-state index in [0.29, 0.717) is 6.08 Å². The maximum Gasteiger partial charge on any atom is 0.200 e. The molecule has 3 aromatic carbocycles. The average molecular weight is 609 g/mol. The third-order valence-electron chi connectivity index (χ3n) is 6.23. The normalized spacial score (nSPS) is 12.1. The summed E-state index contributed by atoms with van der Waals surface area (Å²) in [7, 11) is 0. The van der Waals surface area contributed by atoms with Gasteiger partial charge in [-0.3, -0.25) is 0 Å². The lowest BCUT2D eigenvalue weighted by Crippen LogP contribution is -2.77. The van der Waals surface area contributed by atoms with Gasteiger partial charge in [0.25, 0.3) is 0 Å². The van der Waals surface area contributed by atoms with Gasteiger partial charge in [-0.2, -0.15) is 0 Å². The molecule has 0 unspecified atom stereocenters. The summed E-state index contributed by atoms with van der Waals surface area (Å²) >= 11 is 0. The van der Waals surface area contributed by atoms with Gasteiger partial charge >= 0.3 is 0 Å². The van der Waals surface area contributed by atoms with Crippen LogP contribution in [-0.4, -0.2) is 11.8 Å². The van der Waals surface area contributed by atoms with Gasteiger partial charge in [0, 0.05) is 0 Å². The number of rotatable bonds is 7. The molecule has 0 aliphatic heterocycles. The number of hydrogen-bond donors (Lipinski definition) is 0. The Morgan fingerprint density at radius 3 is 0.878 bits per heavy atom. The molecule has 1 nitrogen and oxygen atoms in total. The predicted molar refractivity (Wildman–Crippen MR) is 112 cm³/mol. The van der Waals surface area contributed by atoms with Crippen LogP contribution in [0.25, 0.3) is 0 Å². The summed E-state index contributed by atoms with van der Waals surface area (Å²) in [5, 5.41) is 0. The van der Waals surface area contributed by atoms with E-state index in [4.69, 9.17) is 0 Å². The molecule has 0 saturated heterocycles. The molecular weight excluding hydrogens is 600 g/mol. The Morgan fingerprint density at radius 2 is 0.659 bits per heavy atom. The van der Waals surface area contributed by atoms with Crippen molar-refractivity contribution in [2.75, 3.05) is 0 Å². The van der Waals surface area contributed by atoms with Gasteiger partial charge in [-0.1, -0.05) is 19.1 Å². The Morgan fingerprint density at radius 1 is 0.439 bits per heavy atom. The maximum absolute atomic E-state index is 15.2. The first kappa shape index (κ1) is 31.6. The Labute approximate surface area is 218 Å². The Balaban J connectivity index is 2.92. The van der Waals surface area contributed by atoms with Gasteiger partial charge in [-0.25, -0.2) is 65.9 Å². The molecule has 41 heavy (non-hydrogen) atoms. The zero-order valence-electron chi connectivity index (χ0n) is 19.7. The van der Waals surface area contributed by atoms with Crippen molar-refractivity contribution in [2.45, 2.75) is 19.8 Å². The summed E-state index contributed by atoms with van der Waals surface area (Å²) in [4.78, 5) is 13.5. The number of halogens is 15. The van der Waals surface area contributed by atoms with Crippen molar-refractivity contribution in [3.05, 3.63) is 99.4 Å². The van der Waals surface area contributed by atoms with E-state index in [0.717, 1.165) is 6.08 Å². The van der Waals surface area contributed by atoms with E-state index in [1.165, 1.54) is 6.92 Å². The van der Waals surface area contributed by atoms with Crippen molar-refractivity contribution >= 4 is 28.2 Å². The summed E-state index contributed by atoms with van der Waals surface area (Å²) in [5.74, 6) is -47.5. The molecule has 0 saturated carbocycles. The Kier molecular flexibility index (Phi) is 8.61. The van der Waals surface area contributed by atoms with Crippen LogP contribution >= 0.6 is 0 Å². The molecule has 0 radical (unpaired) electrons. The zero-order valence-corrected chi connectivity index (χ0v) is 19.7. The fourth-order valence-corrected chi connectivity index (χ4v) is 4.47. The number of carbonyl (C=O) groups excluding carboxylic acids is 1. The van der Waals surface area contributed by atoms with Gasteiger partial charge < -0.3 is 4.79 Å². The second-order valence-corrected chi connectivity index (χ2v) is 8.37. The van der Waals surface area contributed by atoms with Gasteiger partial charge in [-0.05, 0) is 18.5 Å². The molecule has 0 atom stereocenters. The highest BCUT2D eigenvalue weighted by molar-refractivity contribution is 7.30. The van der Waals surface area contributed by atoms with Crippen molar-refractivity contribution in [1.82, 2.24) is 0 Å². The first-order valence-corrected chi connectivity index (χ1v) is 10.9. The Hall–Kier alpha value is -3.92. The number of benzene rings is 3. The minimum absolute atomic E-state index is 0.0269. The van der Waals surface area contributed by atoms with E-state index in [1.807, 2.05) is 0 Å². The fraction of sp³-hybridized carbons (Fsp3) is 0.125. The summed E-state index contributed by atoms with van der Waals surface area (Å²) < 4.78 is 219. The molecule has 0 N–H and O–H groups in total.